The number of carbonyl (C=O) groups is 1. The summed E-state index contributed by atoms with van der Waals surface area (Å²) >= 11 is 0. The van der Waals surface area contributed by atoms with Crippen LogP contribution in [-0.2, 0) is 4.74 Å². The smallest absolute Gasteiger partial charge is 0.337 e. The van der Waals surface area contributed by atoms with Gasteiger partial charge >= 0.3 is 5.97 Å². The standard InChI is InChI=1S/C19H24N4O2/c1-13-5-4-10-23(12-13)17-11-14(2)20-19(22-17)21-16-8-6-15(7-9-16)18(24)25-3/h6-9,11,13H,4-5,10,12H2,1-3H3,(H,20,21,22). The van der Waals surface area contributed by atoms with E-state index in [9.17, 15) is 4.79 Å². The minimum atomic E-state index is -0.347. The second-order valence-corrected chi connectivity index (χ2v) is 6.58. The van der Waals surface area contributed by atoms with E-state index in [2.05, 4.69) is 27.1 Å². The van der Waals surface area contributed by atoms with Crippen molar-refractivity contribution < 1.29 is 9.53 Å². The Morgan fingerprint density at radius 1 is 1.28 bits per heavy atom. The van der Waals surface area contributed by atoms with Gasteiger partial charge in [0.15, 0.2) is 0 Å². The van der Waals surface area contributed by atoms with Gasteiger partial charge in [-0.25, -0.2) is 9.78 Å². The number of esters is 1. The number of nitrogens with zero attached hydrogens (tertiary/aromatic N) is 3. The first kappa shape index (κ1) is 17.2. The van der Waals surface area contributed by atoms with Gasteiger partial charge in [0, 0.05) is 30.5 Å². The topological polar surface area (TPSA) is 67.3 Å². The monoisotopic (exact) mass is 340 g/mol. The van der Waals surface area contributed by atoms with Gasteiger partial charge in [-0.1, -0.05) is 6.92 Å². The Bertz CT molecular complexity index is 746. The summed E-state index contributed by atoms with van der Waals surface area (Å²) in [5, 5.41) is 3.22. The Kier molecular flexibility index (Phi) is 5.16. The molecule has 0 amide bonds. The van der Waals surface area contributed by atoms with E-state index < -0.39 is 0 Å². The molecule has 0 saturated carbocycles. The lowest BCUT2D eigenvalue weighted by Gasteiger charge is -2.32. The number of piperidine rings is 1. The van der Waals surface area contributed by atoms with Crippen LogP contribution in [0.5, 0.6) is 0 Å². The minimum Gasteiger partial charge on any atom is -0.465 e. The molecule has 2 heterocycles. The normalized spacial score (nSPS) is 17.2. The Morgan fingerprint density at radius 2 is 2.04 bits per heavy atom. The molecule has 6 heteroatoms. The van der Waals surface area contributed by atoms with E-state index in [1.165, 1.54) is 20.0 Å². The van der Waals surface area contributed by atoms with E-state index in [1.807, 2.05) is 25.1 Å². The molecule has 1 aromatic carbocycles. The number of rotatable bonds is 4. The van der Waals surface area contributed by atoms with Crippen molar-refractivity contribution in [2.75, 3.05) is 30.4 Å². The average molecular weight is 340 g/mol. The van der Waals surface area contributed by atoms with Gasteiger partial charge in [0.25, 0.3) is 0 Å². The molecule has 1 atom stereocenters. The summed E-state index contributed by atoms with van der Waals surface area (Å²) in [7, 11) is 1.37. The minimum absolute atomic E-state index is 0.347. The molecule has 0 bridgehead atoms. The number of carbonyl (C=O) groups excluding carboxylic acids is 1. The van der Waals surface area contributed by atoms with Crippen LogP contribution in [0.15, 0.2) is 30.3 Å². The first-order chi connectivity index (χ1) is 12.0. The Labute approximate surface area is 148 Å². The van der Waals surface area contributed by atoms with Crippen molar-refractivity contribution in [3.05, 3.63) is 41.6 Å². The van der Waals surface area contributed by atoms with Gasteiger partial charge in [-0.05, 0) is 49.9 Å². The third-order valence-electron chi connectivity index (χ3n) is 4.38. The fourth-order valence-corrected chi connectivity index (χ4v) is 3.10. The van der Waals surface area contributed by atoms with Gasteiger partial charge in [0.1, 0.15) is 5.82 Å². The molecule has 1 aliphatic rings. The first-order valence-corrected chi connectivity index (χ1v) is 8.61. The van der Waals surface area contributed by atoms with Crippen LogP contribution in [0.3, 0.4) is 0 Å². The lowest BCUT2D eigenvalue weighted by atomic mass is 10.0. The van der Waals surface area contributed by atoms with Crippen LogP contribution in [0.4, 0.5) is 17.5 Å². The number of hydrogen-bond donors (Lipinski definition) is 1. The van der Waals surface area contributed by atoms with Gasteiger partial charge in [-0.3, -0.25) is 0 Å². The predicted octanol–water partition coefficient (Wildman–Crippen LogP) is 3.55. The number of ether oxygens (including phenoxy) is 1. The molecule has 1 unspecified atom stereocenters. The summed E-state index contributed by atoms with van der Waals surface area (Å²) in [6.07, 6.45) is 2.47. The number of aromatic nitrogens is 2. The lowest BCUT2D eigenvalue weighted by Crippen LogP contribution is -2.35. The van der Waals surface area contributed by atoms with E-state index in [1.54, 1.807) is 12.1 Å². The molecule has 132 valence electrons. The third kappa shape index (κ3) is 4.26. The number of benzene rings is 1. The maximum absolute atomic E-state index is 11.5. The van der Waals surface area contributed by atoms with Crippen molar-refractivity contribution in [2.45, 2.75) is 26.7 Å². The van der Waals surface area contributed by atoms with Crippen molar-refractivity contribution in [3.8, 4) is 0 Å². The molecule has 6 nitrogen and oxygen atoms in total. The second-order valence-electron chi connectivity index (χ2n) is 6.58. The molecule has 1 aromatic heterocycles. The maximum atomic E-state index is 11.5. The van der Waals surface area contributed by atoms with Crippen LogP contribution in [0.2, 0.25) is 0 Å². The van der Waals surface area contributed by atoms with Crippen molar-refractivity contribution in [2.24, 2.45) is 5.92 Å². The van der Waals surface area contributed by atoms with Gasteiger partial charge in [0.05, 0.1) is 12.7 Å². The van der Waals surface area contributed by atoms with E-state index in [-0.39, 0.29) is 5.97 Å². The quantitative estimate of drug-likeness (QED) is 0.859. The lowest BCUT2D eigenvalue weighted by molar-refractivity contribution is 0.0601. The Morgan fingerprint density at radius 3 is 2.72 bits per heavy atom. The SMILES string of the molecule is COC(=O)c1ccc(Nc2nc(C)cc(N3CCCC(C)C3)n2)cc1. The first-order valence-electron chi connectivity index (χ1n) is 8.61. The van der Waals surface area contributed by atoms with Gasteiger partial charge in [0.2, 0.25) is 5.95 Å². The van der Waals surface area contributed by atoms with Crippen molar-refractivity contribution in [3.63, 3.8) is 0 Å². The van der Waals surface area contributed by atoms with Gasteiger partial charge in [-0.2, -0.15) is 4.98 Å². The zero-order chi connectivity index (χ0) is 17.8. The average Bonchev–Trinajstić information content (AvgIpc) is 2.61. The van der Waals surface area contributed by atoms with Crippen molar-refractivity contribution >= 4 is 23.4 Å². The highest BCUT2D eigenvalue weighted by Gasteiger charge is 2.18. The van der Waals surface area contributed by atoms with Crippen molar-refractivity contribution in [1.29, 1.82) is 0 Å². The number of anilines is 3. The van der Waals surface area contributed by atoms with Crippen LogP contribution in [0.1, 0.15) is 35.8 Å². The summed E-state index contributed by atoms with van der Waals surface area (Å²) in [5.74, 6) is 1.87. The fourth-order valence-electron chi connectivity index (χ4n) is 3.10. The molecule has 1 saturated heterocycles. The van der Waals surface area contributed by atoms with Crippen molar-refractivity contribution in [1.82, 2.24) is 9.97 Å². The number of nitrogens with one attached hydrogen (secondary N) is 1. The van der Waals surface area contributed by atoms with E-state index >= 15 is 0 Å². The molecular formula is C19H24N4O2. The summed E-state index contributed by atoms with van der Waals surface area (Å²) in [4.78, 5) is 23.0. The van der Waals surface area contributed by atoms with Gasteiger partial charge < -0.3 is 15.0 Å². The molecular weight excluding hydrogens is 316 g/mol. The van der Waals surface area contributed by atoms with Crippen LogP contribution in [-0.4, -0.2) is 36.1 Å². The van der Waals surface area contributed by atoms with Crippen LogP contribution in [0.25, 0.3) is 0 Å². The molecule has 1 aliphatic heterocycles. The Balaban J connectivity index is 1.77. The molecule has 1 N–H and O–H groups in total. The summed E-state index contributed by atoms with van der Waals surface area (Å²) in [6, 6.07) is 9.11. The van der Waals surface area contributed by atoms with Gasteiger partial charge in [-0.15, -0.1) is 0 Å². The largest absolute Gasteiger partial charge is 0.465 e. The van der Waals surface area contributed by atoms with Crippen LogP contribution < -0.4 is 10.2 Å². The maximum Gasteiger partial charge on any atom is 0.337 e. The molecule has 3 rings (SSSR count). The highest BCUT2D eigenvalue weighted by molar-refractivity contribution is 5.89. The number of hydrogen-bond acceptors (Lipinski definition) is 6. The third-order valence-corrected chi connectivity index (χ3v) is 4.38. The molecule has 0 aliphatic carbocycles. The van der Waals surface area contributed by atoms with Crippen LogP contribution >= 0.6 is 0 Å². The highest BCUT2D eigenvalue weighted by Crippen LogP contribution is 2.24. The molecule has 0 radical (unpaired) electrons. The zero-order valence-corrected chi connectivity index (χ0v) is 15.0. The van der Waals surface area contributed by atoms with E-state index in [0.717, 1.165) is 30.3 Å². The number of aryl methyl sites for hydroxylation is 1. The summed E-state index contributed by atoms with van der Waals surface area (Å²) < 4.78 is 4.71. The fraction of sp³-hybridized carbons (Fsp3) is 0.421. The summed E-state index contributed by atoms with van der Waals surface area (Å²) in [5.41, 5.74) is 2.27. The molecule has 25 heavy (non-hydrogen) atoms. The molecule has 0 spiro atoms. The Hall–Kier alpha value is -2.63. The highest BCUT2D eigenvalue weighted by atomic mass is 16.5. The van der Waals surface area contributed by atoms with Crippen LogP contribution in [0, 0.1) is 12.8 Å². The predicted molar refractivity (Wildman–Crippen MR) is 98.4 cm³/mol. The second kappa shape index (κ2) is 7.51. The molecule has 1 fully saturated rings. The summed E-state index contributed by atoms with van der Waals surface area (Å²) in [6.45, 7) is 6.32. The zero-order valence-electron chi connectivity index (χ0n) is 15.0. The van der Waals surface area contributed by atoms with E-state index in [0.29, 0.717) is 17.4 Å². The molecule has 2 aromatic rings. The van der Waals surface area contributed by atoms with E-state index in [4.69, 9.17) is 4.74 Å². The number of methoxy groups -OCH3 is 1.